The number of nitrogens with zero attached hydrogens (tertiary/aromatic N) is 2. The van der Waals surface area contributed by atoms with Crippen molar-refractivity contribution in [3.63, 3.8) is 0 Å². The summed E-state index contributed by atoms with van der Waals surface area (Å²) in [6, 6.07) is -0.749. The second-order valence-electron chi connectivity index (χ2n) is 5.37. The molecule has 1 atom stereocenters. The van der Waals surface area contributed by atoms with Crippen molar-refractivity contribution in [2.24, 2.45) is 5.92 Å². The van der Waals surface area contributed by atoms with Crippen LogP contribution in [0.25, 0.3) is 0 Å². The Morgan fingerprint density at radius 1 is 1.35 bits per heavy atom. The Hall–Kier alpha value is -1.15. The van der Waals surface area contributed by atoms with E-state index in [4.69, 9.17) is 5.11 Å². The quantitative estimate of drug-likeness (QED) is 0.744. The van der Waals surface area contributed by atoms with E-state index < -0.39 is 22.0 Å². The fourth-order valence-corrected chi connectivity index (χ4v) is 4.13. The van der Waals surface area contributed by atoms with Gasteiger partial charge in [0.1, 0.15) is 6.04 Å². The number of carboxylic acid groups (broad SMARTS) is 1. The van der Waals surface area contributed by atoms with Gasteiger partial charge in [-0.1, -0.05) is 13.8 Å². The lowest BCUT2D eigenvalue weighted by Gasteiger charge is -2.31. The van der Waals surface area contributed by atoms with Crippen LogP contribution in [0.3, 0.4) is 0 Å². The first-order chi connectivity index (χ1) is 9.16. The molecule has 1 unspecified atom stereocenters. The summed E-state index contributed by atoms with van der Waals surface area (Å²) in [6.07, 6.45) is 0.372. The van der Waals surface area contributed by atoms with Crippen LogP contribution in [0.4, 0.5) is 0 Å². The highest BCUT2D eigenvalue weighted by molar-refractivity contribution is 7.89. The van der Waals surface area contributed by atoms with Gasteiger partial charge in [-0.2, -0.15) is 4.31 Å². The molecule has 1 fully saturated rings. The summed E-state index contributed by atoms with van der Waals surface area (Å²) in [5.41, 5.74) is 0. The highest BCUT2D eigenvalue weighted by atomic mass is 32.2. The number of carboxylic acids is 1. The summed E-state index contributed by atoms with van der Waals surface area (Å²) in [5.74, 6) is -1.42. The molecule has 1 aliphatic heterocycles. The van der Waals surface area contributed by atoms with Crippen LogP contribution in [0.1, 0.15) is 26.7 Å². The largest absolute Gasteiger partial charge is 0.481 e. The van der Waals surface area contributed by atoms with E-state index in [0.29, 0.717) is 13.0 Å². The number of hydrogen-bond donors (Lipinski definition) is 1. The highest BCUT2D eigenvalue weighted by Crippen LogP contribution is 2.23. The molecule has 0 saturated carbocycles. The second-order valence-corrected chi connectivity index (χ2v) is 7.41. The fourth-order valence-electron chi connectivity index (χ4n) is 2.31. The van der Waals surface area contributed by atoms with Gasteiger partial charge in [0, 0.05) is 20.1 Å². The van der Waals surface area contributed by atoms with Gasteiger partial charge in [0.2, 0.25) is 15.9 Å². The normalized spacial score (nSPS) is 20.0. The van der Waals surface area contributed by atoms with Gasteiger partial charge in [-0.25, -0.2) is 8.42 Å². The molecule has 20 heavy (non-hydrogen) atoms. The molecule has 1 saturated heterocycles. The van der Waals surface area contributed by atoms with E-state index in [1.54, 1.807) is 13.8 Å². The molecule has 1 heterocycles. The molecule has 116 valence electrons. The van der Waals surface area contributed by atoms with Gasteiger partial charge in [-0.15, -0.1) is 0 Å². The SMILES string of the molecule is CC(C)C(C(=O)N(C)CCC(=O)O)N1CCCS1(=O)=O. The van der Waals surface area contributed by atoms with Gasteiger partial charge in [0.05, 0.1) is 12.2 Å². The fraction of sp³-hybridized carbons (Fsp3) is 0.833. The molecule has 0 aromatic rings. The third kappa shape index (κ3) is 3.92. The van der Waals surface area contributed by atoms with Crippen molar-refractivity contribution in [2.45, 2.75) is 32.7 Å². The number of carbonyl (C=O) groups is 2. The first-order valence-corrected chi connectivity index (χ1v) is 8.24. The third-order valence-electron chi connectivity index (χ3n) is 3.37. The lowest BCUT2D eigenvalue weighted by atomic mass is 10.0. The zero-order valence-electron chi connectivity index (χ0n) is 12.1. The highest BCUT2D eigenvalue weighted by Gasteiger charge is 2.40. The minimum Gasteiger partial charge on any atom is -0.481 e. The van der Waals surface area contributed by atoms with E-state index >= 15 is 0 Å². The van der Waals surface area contributed by atoms with Crippen molar-refractivity contribution in [3.05, 3.63) is 0 Å². The zero-order chi connectivity index (χ0) is 15.5. The molecule has 7 nitrogen and oxygen atoms in total. The molecule has 1 amide bonds. The number of rotatable bonds is 6. The van der Waals surface area contributed by atoms with Gasteiger partial charge in [0.15, 0.2) is 0 Å². The van der Waals surface area contributed by atoms with Crippen LogP contribution >= 0.6 is 0 Å². The average Bonchev–Trinajstić information content (AvgIpc) is 2.66. The van der Waals surface area contributed by atoms with Crippen molar-refractivity contribution >= 4 is 21.9 Å². The van der Waals surface area contributed by atoms with Crippen LogP contribution in [0.5, 0.6) is 0 Å². The maximum absolute atomic E-state index is 12.4. The van der Waals surface area contributed by atoms with Crippen LogP contribution in [0, 0.1) is 5.92 Å². The zero-order valence-corrected chi connectivity index (χ0v) is 12.9. The summed E-state index contributed by atoms with van der Waals surface area (Å²) in [7, 11) is -1.87. The topological polar surface area (TPSA) is 95.0 Å². The Morgan fingerprint density at radius 3 is 2.35 bits per heavy atom. The van der Waals surface area contributed by atoms with Gasteiger partial charge >= 0.3 is 5.97 Å². The molecular formula is C12H22N2O5S. The van der Waals surface area contributed by atoms with Gasteiger partial charge in [0.25, 0.3) is 0 Å². The molecule has 1 N–H and O–H groups in total. The Labute approximate surface area is 119 Å². The molecule has 0 aromatic carbocycles. The van der Waals surface area contributed by atoms with E-state index in [-0.39, 0.29) is 30.5 Å². The van der Waals surface area contributed by atoms with E-state index in [2.05, 4.69) is 0 Å². The molecule has 0 spiro atoms. The smallest absolute Gasteiger partial charge is 0.305 e. The van der Waals surface area contributed by atoms with E-state index in [0.717, 1.165) is 0 Å². The predicted octanol–water partition coefficient (Wildman–Crippen LogP) is -0.0204. The minimum absolute atomic E-state index is 0.0718. The first kappa shape index (κ1) is 16.9. The number of amides is 1. The number of sulfonamides is 1. The summed E-state index contributed by atoms with van der Waals surface area (Å²) in [6.45, 7) is 4.01. The molecule has 1 rings (SSSR count). The lowest BCUT2D eigenvalue weighted by Crippen LogP contribution is -2.51. The first-order valence-electron chi connectivity index (χ1n) is 6.63. The van der Waals surface area contributed by atoms with Crippen molar-refractivity contribution in [2.75, 3.05) is 25.9 Å². The molecule has 0 bridgehead atoms. The van der Waals surface area contributed by atoms with Crippen molar-refractivity contribution in [1.82, 2.24) is 9.21 Å². The lowest BCUT2D eigenvalue weighted by molar-refractivity contribution is -0.139. The number of aliphatic carboxylic acids is 1. The van der Waals surface area contributed by atoms with E-state index in [9.17, 15) is 18.0 Å². The van der Waals surface area contributed by atoms with E-state index in [1.165, 1.54) is 16.3 Å². The van der Waals surface area contributed by atoms with Crippen molar-refractivity contribution in [1.29, 1.82) is 0 Å². The van der Waals surface area contributed by atoms with Crippen LogP contribution in [-0.2, 0) is 19.6 Å². The number of hydrogen-bond acceptors (Lipinski definition) is 4. The van der Waals surface area contributed by atoms with Gasteiger partial charge in [-0.3, -0.25) is 9.59 Å². The molecule has 0 aliphatic carbocycles. The van der Waals surface area contributed by atoms with Crippen molar-refractivity contribution < 1.29 is 23.1 Å². The second kappa shape index (κ2) is 6.53. The molecular weight excluding hydrogens is 284 g/mol. The Balaban J connectivity index is 2.86. The van der Waals surface area contributed by atoms with Gasteiger partial charge in [-0.05, 0) is 12.3 Å². The van der Waals surface area contributed by atoms with Crippen molar-refractivity contribution in [3.8, 4) is 0 Å². The van der Waals surface area contributed by atoms with Crippen LogP contribution in [-0.4, -0.2) is 66.5 Å². The van der Waals surface area contributed by atoms with Gasteiger partial charge < -0.3 is 10.0 Å². The summed E-state index contributed by atoms with van der Waals surface area (Å²) in [4.78, 5) is 24.2. The summed E-state index contributed by atoms with van der Waals surface area (Å²) >= 11 is 0. The van der Waals surface area contributed by atoms with E-state index in [1.807, 2.05) is 0 Å². The Bertz CT molecular complexity index is 474. The standard InChI is InChI=1S/C12H22N2O5S/c1-9(2)11(14-6-4-8-20(14,18)19)12(17)13(3)7-5-10(15)16/h9,11H,4-8H2,1-3H3,(H,15,16). The maximum Gasteiger partial charge on any atom is 0.305 e. The molecule has 0 aromatic heterocycles. The Kier molecular flexibility index (Phi) is 5.52. The molecule has 0 radical (unpaired) electrons. The monoisotopic (exact) mass is 306 g/mol. The summed E-state index contributed by atoms with van der Waals surface area (Å²) < 4.78 is 25.2. The average molecular weight is 306 g/mol. The molecule has 1 aliphatic rings. The number of carbonyl (C=O) groups excluding carboxylic acids is 1. The Morgan fingerprint density at radius 2 is 1.95 bits per heavy atom. The maximum atomic E-state index is 12.4. The van der Waals surface area contributed by atoms with Crippen LogP contribution in [0.15, 0.2) is 0 Å². The summed E-state index contributed by atoms with van der Waals surface area (Å²) in [5, 5.41) is 8.64. The third-order valence-corrected chi connectivity index (χ3v) is 5.30. The van der Waals surface area contributed by atoms with Crippen LogP contribution < -0.4 is 0 Å². The van der Waals surface area contributed by atoms with Crippen LogP contribution in [0.2, 0.25) is 0 Å². The number of likely N-dealkylation sites (N-methyl/N-ethyl adjacent to an activating group) is 1. The predicted molar refractivity (Wildman–Crippen MR) is 73.6 cm³/mol. The minimum atomic E-state index is -3.37. The molecule has 8 heteroatoms.